The Morgan fingerprint density at radius 2 is 2.04 bits per heavy atom. The minimum Gasteiger partial charge on any atom is -0.446 e. The Morgan fingerprint density at radius 3 is 2.67 bits per heavy atom. The number of amides is 1. The summed E-state index contributed by atoms with van der Waals surface area (Å²) in [6.45, 7) is 4.04. The van der Waals surface area contributed by atoms with Crippen molar-refractivity contribution in [3.05, 3.63) is 45.0 Å². The van der Waals surface area contributed by atoms with Gasteiger partial charge in [0, 0.05) is 11.7 Å². The van der Waals surface area contributed by atoms with Crippen LogP contribution in [-0.2, 0) is 4.79 Å². The fraction of sp³-hybridized carbons (Fsp3) is 0.235. The minimum atomic E-state index is -0.181. The second-order valence-corrected chi connectivity index (χ2v) is 8.38. The fourth-order valence-corrected chi connectivity index (χ4v) is 3.82. The minimum absolute atomic E-state index is 0.0968. The van der Waals surface area contributed by atoms with Gasteiger partial charge in [0.05, 0.1) is 15.8 Å². The summed E-state index contributed by atoms with van der Waals surface area (Å²) in [5.41, 5.74) is 0.585. The van der Waals surface area contributed by atoms with E-state index in [2.05, 4.69) is 31.4 Å². The number of halogens is 3. The van der Waals surface area contributed by atoms with E-state index in [0.29, 0.717) is 37.1 Å². The van der Waals surface area contributed by atoms with Gasteiger partial charge in [0.25, 0.3) is 0 Å². The number of carbonyl (C=O) groups is 1. The van der Waals surface area contributed by atoms with Crippen LogP contribution in [0.1, 0.15) is 19.9 Å². The van der Waals surface area contributed by atoms with Gasteiger partial charge >= 0.3 is 0 Å². The molecule has 0 saturated heterocycles. The summed E-state index contributed by atoms with van der Waals surface area (Å²) in [7, 11) is 0. The number of thioether (sulfide) groups is 1. The molecule has 0 saturated carbocycles. The van der Waals surface area contributed by atoms with Crippen LogP contribution in [-0.4, -0.2) is 26.4 Å². The maximum atomic E-state index is 12.3. The Balaban J connectivity index is 1.71. The Morgan fingerprint density at radius 1 is 1.26 bits per heavy atom. The first kappa shape index (κ1) is 20.3. The average molecular weight is 490 g/mol. The monoisotopic (exact) mass is 488 g/mol. The van der Waals surface area contributed by atoms with Crippen LogP contribution >= 0.6 is 50.9 Å². The van der Waals surface area contributed by atoms with Crippen LogP contribution in [0.25, 0.3) is 11.6 Å². The van der Waals surface area contributed by atoms with Crippen molar-refractivity contribution in [2.75, 3.05) is 11.1 Å². The number of carbonyl (C=O) groups excluding carboxylic acids is 1. The maximum absolute atomic E-state index is 12.3. The predicted octanol–water partition coefficient (Wildman–Crippen LogP) is 5.92. The standard InChI is InChI=1S/C17H15BrCl2N4O2S/c1-9(2)24-16(13-5-6-14(18)26-13)22-23-17(24)27-8-15(25)21-10-3-4-11(19)12(20)7-10/h3-7,9H,8H2,1-2H3,(H,21,25). The lowest BCUT2D eigenvalue weighted by Gasteiger charge is -2.12. The number of furan rings is 1. The van der Waals surface area contributed by atoms with Crippen molar-refractivity contribution in [3.63, 3.8) is 0 Å². The number of nitrogens with one attached hydrogen (secondary N) is 1. The summed E-state index contributed by atoms with van der Waals surface area (Å²) >= 11 is 16.4. The smallest absolute Gasteiger partial charge is 0.234 e. The van der Waals surface area contributed by atoms with E-state index in [0.717, 1.165) is 0 Å². The topological polar surface area (TPSA) is 73.0 Å². The zero-order valence-corrected chi connectivity index (χ0v) is 18.3. The molecule has 1 aromatic carbocycles. The quantitative estimate of drug-likeness (QED) is 0.435. The summed E-state index contributed by atoms with van der Waals surface area (Å²) in [6, 6.07) is 8.65. The summed E-state index contributed by atoms with van der Waals surface area (Å²) < 4.78 is 8.13. The normalized spacial score (nSPS) is 11.2. The highest BCUT2D eigenvalue weighted by Crippen LogP contribution is 2.30. The van der Waals surface area contributed by atoms with Crippen LogP contribution in [0.5, 0.6) is 0 Å². The van der Waals surface area contributed by atoms with Crippen molar-refractivity contribution in [3.8, 4) is 11.6 Å². The van der Waals surface area contributed by atoms with E-state index in [9.17, 15) is 4.79 Å². The lowest BCUT2D eigenvalue weighted by molar-refractivity contribution is -0.113. The van der Waals surface area contributed by atoms with Crippen molar-refractivity contribution in [1.82, 2.24) is 14.8 Å². The lowest BCUT2D eigenvalue weighted by atomic mass is 10.3. The third-order valence-electron chi connectivity index (χ3n) is 3.51. The van der Waals surface area contributed by atoms with E-state index in [1.165, 1.54) is 11.8 Å². The SMILES string of the molecule is CC(C)n1c(SCC(=O)Nc2ccc(Cl)c(Cl)c2)nnc1-c1ccc(Br)o1. The summed E-state index contributed by atoms with van der Waals surface area (Å²) in [4.78, 5) is 12.3. The maximum Gasteiger partial charge on any atom is 0.234 e. The molecule has 142 valence electrons. The molecule has 0 radical (unpaired) electrons. The van der Waals surface area contributed by atoms with Gasteiger partial charge in [0.1, 0.15) is 0 Å². The highest BCUT2D eigenvalue weighted by atomic mass is 79.9. The molecular formula is C17H15BrCl2N4O2S. The first-order valence-corrected chi connectivity index (χ1v) is 10.5. The van der Waals surface area contributed by atoms with Crippen molar-refractivity contribution < 1.29 is 9.21 Å². The van der Waals surface area contributed by atoms with Gasteiger partial charge in [-0.2, -0.15) is 0 Å². The van der Waals surface area contributed by atoms with E-state index >= 15 is 0 Å². The van der Waals surface area contributed by atoms with E-state index in [-0.39, 0.29) is 17.7 Å². The molecule has 3 aromatic rings. The number of anilines is 1. The predicted molar refractivity (Wildman–Crippen MR) is 112 cm³/mol. The molecule has 0 atom stereocenters. The Hall–Kier alpha value is -1.48. The molecule has 0 aliphatic carbocycles. The molecule has 2 heterocycles. The Kier molecular flexibility index (Phi) is 6.52. The second-order valence-electron chi connectivity index (χ2n) is 5.84. The summed E-state index contributed by atoms with van der Waals surface area (Å²) in [5.74, 6) is 1.21. The van der Waals surface area contributed by atoms with Gasteiger partial charge < -0.3 is 9.73 Å². The van der Waals surface area contributed by atoms with E-state index in [1.54, 1.807) is 24.3 Å². The molecule has 1 amide bonds. The number of nitrogens with zero attached hydrogens (tertiary/aromatic N) is 3. The zero-order chi connectivity index (χ0) is 19.6. The highest BCUT2D eigenvalue weighted by molar-refractivity contribution is 9.10. The number of aromatic nitrogens is 3. The number of rotatable bonds is 6. The molecule has 27 heavy (non-hydrogen) atoms. The van der Waals surface area contributed by atoms with Gasteiger partial charge in [-0.25, -0.2) is 0 Å². The molecule has 0 fully saturated rings. The number of benzene rings is 1. The summed E-state index contributed by atoms with van der Waals surface area (Å²) in [6.07, 6.45) is 0. The molecule has 6 nitrogen and oxygen atoms in total. The van der Waals surface area contributed by atoms with Gasteiger partial charge in [0.15, 0.2) is 15.6 Å². The van der Waals surface area contributed by atoms with Gasteiger partial charge in [-0.15, -0.1) is 10.2 Å². The van der Waals surface area contributed by atoms with Crippen molar-refractivity contribution in [2.24, 2.45) is 0 Å². The van der Waals surface area contributed by atoms with Gasteiger partial charge in [0.2, 0.25) is 11.7 Å². The molecule has 0 unspecified atom stereocenters. The first-order valence-electron chi connectivity index (χ1n) is 7.93. The molecule has 10 heteroatoms. The molecule has 0 aliphatic rings. The van der Waals surface area contributed by atoms with Gasteiger partial charge in [-0.3, -0.25) is 9.36 Å². The molecule has 0 spiro atoms. The highest BCUT2D eigenvalue weighted by Gasteiger charge is 2.20. The van der Waals surface area contributed by atoms with Crippen LogP contribution in [0.3, 0.4) is 0 Å². The largest absolute Gasteiger partial charge is 0.446 e. The van der Waals surface area contributed by atoms with Crippen LogP contribution in [0.4, 0.5) is 5.69 Å². The van der Waals surface area contributed by atoms with Crippen LogP contribution in [0.2, 0.25) is 10.0 Å². The van der Waals surface area contributed by atoms with E-state index in [4.69, 9.17) is 27.6 Å². The Bertz CT molecular complexity index is 974. The average Bonchev–Trinajstić information content (AvgIpc) is 3.22. The number of hydrogen-bond donors (Lipinski definition) is 1. The first-order chi connectivity index (χ1) is 12.8. The Labute approximate surface area is 178 Å². The van der Waals surface area contributed by atoms with Crippen LogP contribution in [0.15, 0.2) is 44.6 Å². The van der Waals surface area contributed by atoms with Crippen LogP contribution < -0.4 is 5.32 Å². The van der Waals surface area contributed by atoms with E-state index < -0.39 is 0 Å². The molecule has 3 rings (SSSR count). The van der Waals surface area contributed by atoms with Crippen molar-refractivity contribution >= 4 is 62.5 Å². The van der Waals surface area contributed by atoms with E-state index in [1.807, 2.05) is 24.5 Å². The molecule has 2 aromatic heterocycles. The third-order valence-corrected chi connectivity index (χ3v) is 5.62. The van der Waals surface area contributed by atoms with Crippen LogP contribution in [0, 0.1) is 0 Å². The van der Waals surface area contributed by atoms with Gasteiger partial charge in [-0.1, -0.05) is 35.0 Å². The fourth-order valence-electron chi connectivity index (χ4n) is 2.34. The molecule has 0 aliphatic heterocycles. The van der Waals surface area contributed by atoms with Crippen molar-refractivity contribution in [1.29, 1.82) is 0 Å². The summed E-state index contributed by atoms with van der Waals surface area (Å²) in [5, 5.41) is 12.7. The van der Waals surface area contributed by atoms with Crippen molar-refractivity contribution in [2.45, 2.75) is 25.0 Å². The zero-order valence-electron chi connectivity index (χ0n) is 14.4. The second kappa shape index (κ2) is 8.68. The molecule has 0 bridgehead atoms. The van der Waals surface area contributed by atoms with Gasteiger partial charge in [-0.05, 0) is 60.1 Å². The lowest BCUT2D eigenvalue weighted by Crippen LogP contribution is -2.15. The molecular weight excluding hydrogens is 475 g/mol. The third kappa shape index (κ3) is 4.87. The molecule has 1 N–H and O–H groups in total. The number of hydrogen-bond acceptors (Lipinski definition) is 5.